The van der Waals surface area contributed by atoms with Gasteiger partial charge in [0.15, 0.2) is 0 Å². The normalized spacial score (nSPS) is 19.3. The van der Waals surface area contributed by atoms with E-state index in [2.05, 4.69) is 0 Å². The Kier molecular flexibility index (Phi) is 3.95. The maximum Gasteiger partial charge on any atom is 0.256 e. The molecule has 1 saturated heterocycles. The molecule has 0 bridgehead atoms. The van der Waals surface area contributed by atoms with Crippen molar-refractivity contribution in [1.29, 1.82) is 0 Å². The molecule has 1 unspecified atom stereocenters. The van der Waals surface area contributed by atoms with Crippen molar-refractivity contribution in [3.05, 3.63) is 23.8 Å². The number of nitrogen functional groups attached to an aromatic ring is 1. The van der Waals surface area contributed by atoms with Gasteiger partial charge in [-0.15, -0.1) is 0 Å². The Hall–Kier alpha value is -1.75. The van der Waals surface area contributed by atoms with Gasteiger partial charge in [0.25, 0.3) is 5.91 Å². The molecule has 1 aromatic rings. The first-order valence-electron chi connectivity index (χ1n) is 6.46. The van der Waals surface area contributed by atoms with Crippen molar-refractivity contribution in [3.8, 4) is 0 Å². The molecule has 1 amide bonds. The lowest BCUT2D eigenvalue weighted by Crippen LogP contribution is -2.44. The van der Waals surface area contributed by atoms with Gasteiger partial charge in [0.2, 0.25) is 0 Å². The summed E-state index contributed by atoms with van der Waals surface area (Å²) in [5.41, 5.74) is 7.95. The topological polar surface area (TPSA) is 58.8 Å². The zero-order valence-electron chi connectivity index (χ0n) is 11.7. The summed E-state index contributed by atoms with van der Waals surface area (Å²) < 4.78 is 5.47. The maximum absolute atomic E-state index is 12.6. The minimum atomic E-state index is 0.0196. The third-order valence-corrected chi connectivity index (χ3v) is 3.26. The highest BCUT2D eigenvalue weighted by molar-refractivity contribution is 6.00. The number of rotatable bonds is 2. The smallest absolute Gasteiger partial charge is 0.256 e. The van der Waals surface area contributed by atoms with E-state index in [0.717, 1.165) is 5.69 Å². The number of nitrogens with zero attached hydrogens (tertiary/aromatic N) is 2. The number of morpholine rings is 1. The van der Waals surface area contributed by atoms with E-state index in [1.54, 1.807) is 6.07 Å². The molecule has 1 atom stereocenters. The van der Waals surface area contributed by atoms with Gasteiger partial charge in [0.05, 0.1) is 18.3 Å². The highest BCUT2D eigenvalue weighted by Crippen LogP contribution is 2.23. The SMILES string of the molecule is CC1CN(C(=O)c2cc(N)ccc2N(C)C)CCO1. The molecule has 5 heteroatoms. The quantitative estimate of drug-likeness (QED) is 0.814. The number of hydrogen-bond donors (Lipinski definition) is 1. The van der Waals surface area contributed by atoms with Gasteiger partial charge >= 0.3 is 0 Å². The molecule has 0 spiro atoms. The fourth-order valence-corrected chi connectivity index (χ4v) is 2.29. The minimum Gasteiger partial charge on any atom is -0.399 e. The van der Waals surface area contributed by atoms with Crippen LogP contribution in [0.15, 0.2) is 18.2 Å². The van der Waals surface area contributed by atoms with E-state index in [1.165, 1.54) is 0 Å². The van der Waals surface area contributed by atoms with Gasteiger partial charge in [-0.3, -0.25) is 4.79 Å². The second-order valence-electron chi connectivity index (χ2n) is 5.10. The Bertz CT molecular complexity index is 474. The number of amides is 1. The lowest BCUT2D eigenvalue weighted by atomic mass is 10.1. The molecule has 1 aliphatic heterocycles. The van der Waals surface area contributed by atoms with E-state index in [-0.39, 0.29) is 12.0 Å². The first-order valence-corrected chi connectivity index (χ1v) is 6.46. The third-order valence-electron chi connectivity index (χ3n) is 3.26. The Morgan fingerprint density at radius 1 is 1.47 bits per heavy atom. The summed E-state index contributed by atoms with van der Waals surface area (Å²) in [6, 6.07) is 5.44. The highest BCUT2D eigenvalue weighted by Gasteiger charge is 2.24. The summed E-state index contributed by atoms with van der Waals surface area (Å²) in [5.74, 6) is 0.0196. The van der Waals surface area contributed by atoms with Crippen LogP contribution in [-0.2, 0) is 4.74 Å². The Labute approximate surface area is 113 Å². The summed E-state index contributed by atoms with van der Waals surface area (Å²) in [6.07, 6.45) is 0.0848. The molecular formula is C14H21N3O2. The Morgan fingerprint density at radius 2 is 2.21 bits per heavy atom. The van der Waals surface area contributed by atoms with Gasteiger partial charge in [0.1, 0.15) is 0 Å². The monoisotopic (exact) mass is 263 g/mol. The van der Waals surface area contributed by atoms with Crippen molar-refractivity contribution in [2.24, 2.45) is 0 Å². The van der Waals surface area contributed by atoms with Crippen molar-refractivity contribution < 1.29 is 9.53 Å². The van der Waals surface area contributed by atoms with Gasteiger partial charge in [-0.25, -0.2) is 0 Å². The van der Waals surface area contributed by atoms with Gasteiger partial charge in [-0.1, -0.05) is 0 Å². The Morgan fingerprint density at radius 3 is 2.84 bits per heavy atom. The summed E-state index contributed by atoms with van der Waals surface area (Å²) in [7, 11) is 3.84. The first kappa shape index (κ1) is 13.7. The van der Waals surface area contributed by atoms with E-state index in [0.29, 0.717) is 30.9 Å². The molecule has 0 radical (unpaired) electrons. The predicted octanol–water partition coefficient (Wildman–Crippen LogP) is 1.20. The number of nitrogens with two attached hydrogens (primary N) is 1. The Balaban J connectivity index is 2.29. The fourth-order valence-electron chi connectivity index (χ4n) is 2.29. The van der Waals surface area contributed by atoms with E-state index < -0.39 is 0 Å². The molecule has 1 aromatic carbocycles. The predicted molar refractivity (Wildman–Crippen MR) is 76.5 cm³/mol. The van der Waals surface area contributed by atoms with Crippen molar-refractivity contribution in [2.75, 3.05) is 44.4 Å². The van der Waals surface area contributed by atoms with Crippen LogP contribution in [0.3, 0.4) is 0 Å². The van der Waals surface area contributed by atoms with Gasteiger partial charge < -0.3 is 20.3 Å². The number of anilines is 2. The van der Waals surface area contributed by atoms with E-state index >= 15 is 0 Å². The number of ether oxygens (including phenoxy) is 1. The van der Waals surface area contributed by atoms with Gasteiger partial charge in [0, 0.05) is 38.6 Å². The molecule has 2 N–H and O–H groups in total. The molecule has 1 heterocycles. The zero-order chi connectivity index (χ0) is 14.0. The number of benzene rings is 1. The van der Waals surface area contributed by atoms with Crippen LogP contribution in [0.1, 0.15) is 17.3 Å². The second kappa shape index (κ2) is 5.48. The lowest BCUT2D eigenvalue weighted by Gasteiger charge is -2.32. The molecule has 0 saturated carbocycles. The second-order valence-corrected chi connectivity index (χ2v) is 5.10. The van der Waals surface area contributed by atoms with Crippen LogP contribution < -0.4 is 10.6 Å². The third kappa shape index (κ3) is 2.98. The van der Waals surface area contributed by atoms with Crippen LogP contribution in [-0.4, -0.2) is 50.7 Å². The van der Waals surface area contributed by atoms with E-state index in [4.69, 9.17) is 10.5 Å². The van der Waals surface area contributed by atoms with Crippen LogP contribution >= 0.6 is 0 Å². The molecule has 19 heavy (non-hydrogen) atoms. The molecule has 104 valence electrons. The van der Waals surface area contributed by atoms with Crippen LogP contribution in [0.2, 0.25) is 0 Å². The van der Waals surface area contributed by atoms with Gasteiger partial charge in [-0.05, 0) is 25.1 Å². The van der Waals surface area contributed by atoms with Crippen molar-refractivity contribution in [1.82, 2.24) is 4.90 Å². The lowest BCUT2D eigenvalue weighted by molar-refractivity contribution is -0.0123. The first-order chi connectivity index (χ1) is 8.99. The highest BCUT2D eigenvalue weighted by atomic mass is 16.5. The van der Waals surface area contributed by atoms with Crippen molar-refractivity contribution >= 4 is 17.3 Å². The van der Waals surface area contributed by atoms with Crippen LogP contribution in [0.25, 0.3) is 0 Å². The standard InChI is InChI=1S/C14H21N3O2/c1-10-9-17(6-7-19-10)14(18)12-8-11(15)4-5-13(12)16(2)3/h4-5,8,10H,6-7,9,15H2,1-3H3. The molecule has 0 aliphatic carbocycles. The summed E-state index contributed by atoms with van der Waals surface area (Å²) >= 11 is 0. The van der Waals surface area contributed by atoms with Crippen molar-refractivity contribution in [2.45, 2.75) is 13.0 Å². The molecule has 2 rings (SSSR count). The summed E-state index contributed by atoms with van der Waals surface area (Å²) in [4.78, 5) is 16.4. The number of carbonyl (C=O) groups is 1. The maximum atomic E-state index is 12.6. The molecule has 1 fully saturated rings. The molecule has 5 nitrogen and oxygen atoms in total. The average Bonchev–Trinajstić information content (AvgIpc) is 2.37. The molecular weight excluding hydrogens is 242 g/mol. The zero-order valence-corrected chi connectivity index (χ0v) is 11.7. The summed E-state index contributed by atoms with van der Waals surface area (Å²) in [5, 5.41) is 0. The van der Waals surface area contributed by atoms with Crippen LogP contribution in [0, 0.1) is 0 Å². The van der Waals surface area contributed by atoms with Crippen LogP contribution in [0.5, 0.6) is 0 Å². The van der Waals surface area contributed by atoms with E-state index in [1.807, 2.05) is 43.0 Å². The number of carbonyl (C=O) groups excluding carboxylic acids is 1. The van der Waals surface area contributed by atoms with Crippen molar-refractivity contribution in [3.63, 3.8) is 0 Å². The minimum absolute atomic E-state index is 0.0196. The largest absolute Gasteiger partial charge is 0.399 e. The molecule has 1 aliphatic rings. The number of hydrogen-bond acceptors (Lipinski definition) is 4. The van der Waals surface area contributed by atoms with Gasteiger partial charge in [-0.2, -0.15) is 0 Å². The summed E-state index contributed by atoms with van der Waals surface area (Å²) in [6.45, 7) is 3.82. The van der Waals surface area contributed by atoms with E-state index in [9.17, 15) is 4.79 Å². The average molecular weight is 263 g/mol. The van der Waals surface area contributed by atoms with Crippen LogP contribution in [0.4, 0.5) is 11.4 Å². The molecule has 0 aromatic heterocycles. The fraction of sp³-hybridized carbons (Fsp3) is 0.500.